The first-order valence-electron chi connectivity index (χ1n) is 4.09. The summed E-state index contributed by atoms with van der Waals surface area (Å²) < 4.78 is 37.6. The van der Waals surface area contributed by atoms with Crippen LogP contribution < -0.4 is 0 Å². The molecular weight excluding hydrogens is 271 g/mol. The largest absolute Gasteiger partial charge is 0.416 e. The minimum Gasteiger partial charge on any atom is -0.309 e. The van der Waals surface area contributed by atoms with E-state index in [4.69, 9.17) is 6.57 Å². The van der Waals surface area contributed by atoms with E-state index in [1.54, 1.807) is 6.92 Å². The third kappa shape index (κ3) is 2.72. The van der Waals surface area contributed by atoms with Crippen LogP contribution in [0.15, 0.2) is 22.7 Å². The zero-order valence-electron chi connectivity index (χ0n) is 7.77. The monoisotopic (exact) mass is 277 g/mol. The number of benzene rings is 1. The summed E-state index contributed by atoms with van der Waals surface area (Å²) in [5, 5.41) is 0. The smallest absolute Gasteiger partial charge is 0.309 e. The molecule has 1 aromatic carbocycles. The van der Waals surface area contributed by atoms with E-state index >= 15 is 0 Å². The molecule has 1 atom stereocenters. The van der Waals surface area contributed by atoms with E-state index in [1.165, 1.54) is 6.07 Å². The van der Waals surface area contributed by atoms with Crippen LogP contribution in [0.2, 0.25) is 0 Å². The van der Waals surface area contributed by atoms with Gasteiger partial charge >= 0.3 is 6.18 Å². The fourth-order valence-corrected chi connectivity index (χ4v) is 1.69. The molecule has 0 radical (unpaired) electrons. The van der Waals surface area contributed by atoms with Gasteiger partial charge in [-0.3, -0.25) is 0 Å². The second-order valence-corrected chi connectivity index (χ2v) is 3.89. The van der Waals surface area contributed by atoms with E-state index in [-0.39, 0.29) is 0 Å². The molecule has 0 bridgehead atoms. The van der Waals surface area contributed by atoms with Gasteiger partial charge in [0, 0.05) is 17.0 Å². The van der Waals surface area contributed by atoms with Crippen molar-refractivity contribution in [2.75, 3.05) is 0 Å². The molecule has 0 aliphatic carbocycles. The summed E-state index contributed by atoms with van der Waals surface area (Å²) in [7, 11) is 0. The zero-order valence-corrected chi connectivity index (χ0v) is 9.35. The zero-order chi connectivity index (χ0) is 11.6. The molecular formula is C10H7BrF3N. The van der Waals surface area contributed by atoms with E-state index in [0.717, 1.165) is 12.1 Å². The molecule has 80 valence electrons. The molecule has 5 heteroatoms. The van der Waals surface area contributed by atoms with Gasteiger partial charge in [-0.05, 0) is 18.2 Å². The number of hydrogen-bond acceptors (Lipinski definition) is 0. The highest BCUT2D eigenvalue weighted by atomic mass is 79.9. The third-order valence-electron chi connectivity index (χ3n) is 1.97. The van der Waals surface area contributed by atoms with Crippen LogP contribution >= 0.6 is 15.9 Å². The Labute approximate surface area is 93.9 Å². The van der Waals surface area contributed by atoms with Crippen LogP contribution in [0, 0.1) is 6.57 Å². The Morgan fingerprint density at radius 2 is 2.00 bits per heavy atom. The summed E-state index contributed by atoms with van der Waals surface area (Å²) in [6, 6.07) is 2.73. The SMILES string of the molecule is [C-]#[N+]C(C)c1cc(C(F)(F)F)ccc1Br. The van der Waals surface area contributed by atoms with Crippen molar-refractivity contribution in [1.29, 1.82) is 0 Å². The lowest BCUT2D eigenvalue weighted by atomic mass is 10.1. The van der Waals surface area contributed by atoms with Crippen LogP contribution in [0.25, 0.3) is 4.85 Å². The van der Waals surface area contributed by atoms with Crippen molar-refractivity contribution in [1.82, 2.24) is 0 Å². The summed E-state index contributed by atoms with van der Waals surface area (Å²) in [5.74, 6) is 0. The number of nitrogens with zero attached hydrogens (tertiary/aromatic N) is 1. The molecule has 0 aliphatic rings. The molecule has 1 unspecified atom stereocenters. The quantitative estimate of drug-likeness (QED) is 0.668. The van der Waals surface area contributed by atoms with Gasteiger partial charge in [0.1, 0.15) is 0 Å². The lowest BCUT2D eigenvalue weighted by Crippen LogP contribution is -2.06. The van der Waals surface area contributed by atoms with Gasteiger partial charge in [0.25, 0.3) is 0 Å². The van der Waals surface area contributed by atoms with Gasteiger partial charge in [0.05, 0.1) is 5.56 Å². The highest BCUT2D eigenvalue weighted by Gasteiger charge is 2.31. The molecule has 0 saturated heterocycles. The standard InChI is InChI=1S/C10H7BrF3N/c1-6(15-2)8-5-7(10(12,13)14)3-4-9(8)11/h3-6H,1H3. The van der Waals surface area contributed by atoms with Gasteiger partial charge < -0.3 is 4.85 Å². The van der Waals surface area contributed by atoms with Gasteiger partial charge in [-0.25, -0.2) is 6.57 Å². The third-order valence-corrected chi connectivity index (χ3v) is 2.69. The average molecular weight is 278 g/mol. The maximum absolute atomic E-state index is 12.4. The first-order valence-corrected chi connectivity index (χ1v) is 4.88. The second-order valence-electron chi connectivity index (χ2n) is 3.04. The lowest BCUT2D eigenvalue weighted by molar-refractivity contribution is -0.137. The molecule has 0 fully saturated rings. The summed E-state index contributed by atoms with van der Waals surface area (Å²) in [6.45, 7) is 8.35. The number of alkyl halides is 3. The molecule has 0 saturated carbocycles. The van der Waals surface area contributed by atoms with Gasteiger partial charge in [-0.2, -0.15) is 13.2 Å². The van der Waals surface area contributed by atoms with Crippen molar-refractivity contribution in [3.05, 3.63) is 45.2 Å². The van der Waals surface area contributed by atoms with E-state index in [1.807, 2.05) is 0 Å². The van der Waals surface area contributed by atoms with Crippen molar-refractivity contribution in [2.24, 2.45) is 0 Å². The van der Waals surface area contributed by atoms with Crippen LogP contribution in [-0.4, -0.2) is 0 Å². The van der Waals surface area contributed by atoms with Crippen molar-refractivity contribution < 1.29 is 13.2 Å². The van der Waals surface area contributed by atoms with E-state index in [2.05, 4.69) is 20.8 Å². The molecule has 0 spiro atoms. The summed E-state index contributed by atoms with van der Waals surface area (Å²) in [5.41, 5.74) is -0.365. The first-order chi connectivity index (χ1) is 6.86. The Morgan fingerprint density at radius 3 is 2.47 bits per heavy atom. The molecule has 1 rings (SSSR count). The Hall–Kier alpha value is -1.02. The number of hydrogen-bond donors (Lipinski definition) is 0. The fraction of sp³-hybridized carbons (Fsp3) is 0.300. The van der Waals surface area contributed by atoms with E-state index < -0.39 is 17.8 Å². The van der Waals surface area contributed by atoms with Crippen molar-refractivity contribution in [3.8, 4) is 0 Å². The van der Waals surface area contributed by atoms with Gasteiger partial charge in [-0.15, -0.1) is 0 Å². The predicted octanol–water partition coefficient (Wildman–Crippen LogP) is 4.45. The fourth-order valence-electron chi connectivity index (χ4n) is 1.11. The molecule has 15 heavy (non-hydrogen) atoms. The minimum atomic E-state index is -4.36. The average Bonchev–Trinajstić information content (AvgIpc) is 2.15. The Bertz CT molecular complexity index is 406. The van der Waals surface area contributed by atoms with Crippen molar-refractivity contribution >= 4 is 15.9 Å². The van der Waals surface area contributed by atoms with Gasteiger partial charge in [0.15, 0.2) is 0 Å². The van der Waals surface area contributed by atoms with Crippen LogP contribution in [0.5, 0.6) is 0 Å². The minimum absolute atomic E-state index is 0.361. The number of halogens is 4. The van der Waals surface area contributed by atoms with Gasteiger partial charge in [0.2, 0.25) is 6.04 Å². The molecule has 0 amide bonds. The Balaban J connectivity index is 3.24. The molecule has 1 nitrogen and oxygen atoms in total. The molecule has 0 N–H and O–H groups in total. The summed E-state index contributed by atoms with van der Waals surface area (Å²) in [4.78, 5) is 3.20. The summed E-state index contributed by atoms with van der Waals surface area (Å²) >= 11 is 3.13. The second kappa shape index (κ2) is 4.23. The molecule has 0 heterocycles. The van der Waals surface area contributed by atoms with E-state index in [0.29, 0.717) is 10.0 Å². The first kappa shape index (κ1) is 12.1. The highest BCUT2D eigenvalue weighted by molar-refractivity contribution is 9.10. The van der Waals surface area contributed by atoms with Crippen LogP contribution in [0.4, 0.5) is 13.2 Å². The van der Waals surface area contributed by atoms with Gasteiger partial charge in [-0.1, -0.05) is 15.9 Å². The lowest BCUT2D eigenvalue weighted by Gasteiger charge is -2.09. The number of rotatable bonds is 1. The maximum atomic E-state index is 12.4. The maximum Gasteiger partial charge on any atom is 0.416 e. The normalized spacial score (nSPS) is 13.3. The van der Waals surface area contributed by atoms with Crippen LogP contribution in [-0.2, 0) is 6.18 Å². The Morgan fingerprint density at radius 1 is 1.40 bits per heavy atom. The topological polar surface area (TPSA) is 4.36 Å². The van der Waals surface area contributed by atoms with Crippen molar-refractivity contribution in [2.45, 2.75) is 19.1 Å². The Kier molecular flexibility index (Phi) is 3.40. The molecule has 1 aromatic rings. The predicted molar refractivity (Wildman–Crippen MR) is 54.2 cm³/mol. The van der Waals surface area contributed by atoms with E-state index in [9.17, 15) is 13.2 Å². The molecule has 0 aromatic heterocycles. The highest BCUT2D eigenvalue weighted by Crippen LogP contribution is 2.34. The van der Waals surface area contributed by atoms with Crippen molar-refractivity contribution in [3.63, 3.8) is 0 Å². The van der Waals surface area contributed by atoms with Crippen LogP contribution in [0.3, 0.4) is 0 Å². The van der Waals surface area contributed by atoms with Crippen LogP contribution in [0.1, 0.15) is 24.1 Å². The summed E-state index contributed by atoms with van der Waals surface area (Å²) in [6.07, 6.45) is -4.36. The molecule has 0 aliphatic heterocycles.